The monoisotopic (exact) mass is 542 g/mol. The molecule has 0 amide bonds. The van der Waals surface area contributed by atoms with Gasteiger partial charge in [-0.1, -0.05) is 51.4 Å². The van der Waals surface area contributed by atoms with Crippen LogP contribution in [0.15, 0.2) is 12.1 Å². The average molecular weight is 543 g/mol. The Kier molecular flexibility index (Phi) is 10.9. The molecule has 0 aromatic heterocycles. The number of halogens is 8. The number of ether oxygens (including phenoxy) is 1. The van der Waals surface area contributed by atoms with E-state index in [0.29, 0.717) is 31.1 Å². The van der Waals surface area contributed by atoms with Gasteiger partial charge in [0.25, 0.3) is 0 Å². The summed E-state index contributed by atoms with van der Waals surface area (Å²) >= 11 is 0. The summed E-state index contributed by atoms with van der Waals surface area (Å²) in [4.78, 5) is 0. The van der Waals surface area contributed by atoms with Crippen LogP contribution in [0, 0.1) is 29.4 Å². The molecule has 0 bridgehead atoms. The highest BCUT2D eigenvalue weighted by atomic mass is 19.4. The Balaban J connectivity index is 1.42. The van der Waals surface area contributed by atoms with Crippen molar-refractivity contribution in [1.82, 2.24) is 0 Å². The average Bonchev–Trinajstić information content (AvgIpc) is 2.85. The van der Waals surface area contributed by atoms with Crippen LogP contribution in [0.5, 0.6) is 5.75 Å². The lowest BCUT2D eigenvalue weighted by Gasteiger charge is -2.38. The quantitative estimate of drug-likeness (QED) is 0.189. The van der Waals surface area contributed by atoms with Crippen LogP contribution in [0.1, 0.15) is 108 Å². The summed E-state index contributed by atoms with van der Waals surface area (Å²) in [5, 5.41) is 0. The molecule has 0 aliphatic heterocycles. The first-order chi connectivity index (χ1) is 17.5. The van der Waals surface area contributed by atoms with Gasteiger partial charge in [0.2, 0.25) is 0 Å². The number of hydrogen-bond acceptors (Lipinski definition) is 1. The highest BCUT2D eigenvalue weighted by Gasteiger charge is 2.61. The van der Waals surface area contributed by atoms with Crippen LogP contribution in [-0.2, 0) is 0 Å². The van der Waals surface area contributed by atoms with Gasteiger partial charge in [0, 0.05) is 0 Å². The fraction of sp³-hybridized carbons (Fsp3) is 0.786. The van der Waals surface area contributed by atoms with Crippen molar-refractivity contribution in [3.05, 3.63) is 29.3 Å². The van der Waals surface area contributed by atoms with Gasteiger partial charge in [0.05, 0.1) is 6.67 Å². The molecule has 37 heavy (non-hydrogen) atoms. The van der Waals surface area contributed by atoms with E-state index in [9.17, 15) is 35.1 Å². The van der Waals surface area contributed by atoms with Crippen LogP contribution in [-0.4, -0.2) is 19.0 Å². The molecule has 212 valence electrons. The Morgan fingerprint density at radius 3 is 1.68 bits per heavy atom. The third kappa shape index (κ3) is 8.47. The second kappa shape index (κ2) is 13.5. The molecule has 1 aromatic carbocycles. The lowest BCUT2D eigenvalue weighted by molar-refractivity contribution is -0.361. The van der Waals surface area contributed by atoms with Gasteiger partial charge in [-0.3, -0.25) is 4.39 Å². The van der Waals surface area contributed by atoms with Crippen LogP contribution in [0.4, 0.5) is 35.1 Å². The molecule has 0 N–H and O–H groups in total. The molecular formula is C28H38F8O. The number of benzene rings is 1. The maximum Gasteiger partial charge on any atom is 0.499 e. The highest BCUT2D eigenvalue weighted by molar-refractivity contribution is 5.33. The van der Waals surface area contributed by atoms with E-state index in [4.69, 9.17) is 0 Å². The van der Waals surface area contributed by atoms with E-state index < -0.39 is 29.7 Å². The van der Waals surface area contributed by atoms with Gasteiger partial charge in [0.1, 0.15) is 0 Å². The fourth-order valence-corrected chi connectivity index (χ4v) is 6.21. The molecule has 1 nitrogen and oxygen atoms in total. The van der Waals surface area contributed by atoms with E-state index in [1.165, 1.54) is 51.4 Å². The first kappa shape index (κ1) is 30.0. The van der Waals surface area contributed by atoms with Crippen LogP contribution in [0.3, 0.4) is 0 Å². The van der Waals surface area contributed by atoms with Gasteiger partial charge in [-0.15, -0.1) is 0 Å². The normalized spacial score (nSPS) is 25.3. The molecule has 2 aliphatic carbocycles. The smallest absolute Gasteiger partial charge is 0.419 e. The second-order valence-corrected chi connectivity index (χ2v) is 10.9. The number of unbranched alkanes of at least 4 members (excludes halogenated alkanes) is 5. The van der Waals surface area contributed by atoms with Gasteiger partial charge in [0.15, 0.2) is 17.4 Å². The SMILES string of the molecule is FCCCCCCCCC1CCC(C2CCC(c3cc(F)c(OC(F)(F)C(F)(F)F)c(F)c3)CC2)CC1. The summed E-state index contributed by atoms with van der Waals surface area (Å²) in [6, 6.07) is 1.64. The molecule has 2 fully saturated rings. The van der Waals surface area contributed by atoms with Crippen molar-refractivity contribution >= 4 is 0 Å². The number of hydrogen-bond donors (Lipinski definition) is 0. The zero-order chi connectivity index (χ0) is 27.1. The molecule has 0 unspecified atom stereocenters. The molecule has 0 saturated heterocycles. The predicted octanol–water partition coefficient (Wildman–Crippen LogP) is 10.3. The van der Waals surface area contributed by atoms with Crippen molar-refractivity contribution in [2.24, 2.45) is 17.8 Å². The highest BCUT2D eigenvalue weighted by Crippen LogP contribution is 2.46. The maximum atomic E-state index is 14.3. The van der Waals surface area contributed by atoms with Crippen molar-refractivity contribution in [3.8, 4) is 5.75 Å². The van der Waals surface area contributed by atoms with E-state index in [1.54, 1.807) is 0 Å². The molecule has 0 radical (unpaired) electrons. The topological polar surface area (TPSA) is 9.23 Å². The molecular weight excluding hydrogens is 504 g/mol. The molecule has 2 aliphatic rings. The summed E-state index contributed by atoms with van der Waals surface area (Å²) in [6.07, 6.45) is 3.95. The molecule has 1 aromatic rings. The Hall–Kier alpha value is -1.54. The number of rotatable bonds is 12. The Morgan fingerprint density at radius 1 is 0.676 bits per heavy atom. The minimum atomic E-state index is -6.08. The Labute approximate surface area is 214 Å². The third-order valence-electron chi connectivity index (χ3n) is 8.38. The van der Waals surface area contributed by atoms with Crippen LogP contribution >= 0.6 is 0 Å². The zero-order valence-electron chi connectivity index (χ0n) is 21.2. The van der Waals surface area contributed by atoms with Gasteiger partial charge in [-0.2, -0.15) is 22.0 Å². The minimum Gasteiger partial charge on any atom is -0.419 e. The lowest BCUT2D eigenvalue weighted by atomic mass is 9.68. The van der Waals surface area contributed by atoms with Gasteiger partial charge in [-0.25, -0.2) is 8.78 Å². The van der Waals surface area contributed by atoms with Crippen molar-refractivity contribution in [2.75, 3.05) is 6.67 Å². The van der Waals surface area contributed by atoms with Crippen molar-refractivity contribution in [1.29, 1.82) is 0 Å². The minimum absolute atomic E-state index is 0.168. The molecule has 0 heterocycles. The Bertz CT molecular complexity index is 801. The van der Waals surface area contributed by atoms with Crippen LogP contribution < -0.4 is 4.74 Å². The van der Waals surface area contributed by atoms with E-state index in [0.717, 1.165) is 43.7 Å². The predicted molar refractivity (Wildman–Crippen MR) is 126 cm³/mol. The first-order valence-corrected chi connectivity index (χ1v) is 13.7. The van der Waals surface area contributed by atoms with E-state index >= 15 is 0 Å². The van der Waals surface area contributed by atoms with Gasteiger partial charge in [-0.05, 0) is 86.3 Å². The van der Waals surface area contributed by atoms with Gasteiger partial charge >= 0.3 is 12.3 Å². The summed E-state index contributed by atoms with van der Waals surface area (Å²) in [5.74, 6) is -3.03. The zero-order valence-corrected chi connectivity index (χ0v) is 21.2. The van der Waals surface area contributed by atoms with E-state index in [2.05, 4.69) is 4.74 Å². The maximum absolute atomic E-state index is 14.3. The van der Waals surface area contributed by atoms with E-state index in [-0.39, 0.29) is 18.2 Å². The fourth-order valence-electron chi connectivity index (χ4n) is 6.21. The second-order valence-electron chi connectivity index (χ2n) is 10.9. The lowest BCUT2D eigenvalue weighted by Crippen LogP contribution is -2.42. The van der Waals surface area contributed by atoms with E-state index in [1.807, 2.05) is 0 Å². The van der Waals surface area contributed by atoms with Crippen molar-refractivity contribution in [2.45, 2.75) is 115 Å². The van der Waals surface area contributed by atoms with Gasteiger partial charge < -0.3 is 4.74 Å². The standard InChI is InChI=1S/C28H38F8O/c29-16-6-4-2-1-3-5-7-19-8-10-20(11-9-19)21-12-14-22(15-13-21)23-17-24(30)26(25(31)18-23)37-28(35,36)27(32,33)34/h17-22H,1-16H2. The summed E-state index contributed by atoms with van der Waals surface area (Å²) < 4.78 is 107. The van der Waals surface area contributed by atoms with Crippen molar-refractivity contribution in [3.63, 3.8) is 0 Å². The summed E-state index contributed by atoms with van der Waals surface area (Å²) in [6.45, 7) is -0.220. The van der Waals surface area contributed by atoms with Crippen molar-refractivity contribution < 1.29 is 39.9 Å². The Morgan fingerprint density at radius 2 is 1.16 bits per heavy atom. The summed E-state index contributed by atoms with van der Waals surface area (Å²) in [7, 11) is 0. The molecule has 0 atom stereocenters. The molecule has 3 rings (SSSR count). The summed E-state index contributed by atoms with van der Waals surface area (Å²) in [5.41, 5.74) is 0.268. The van der Waals surface area contributed by atoms with Crippen LogP contribution in [0.25, 0.3) is 0 Å². The third-order valence-corrected chi connectivity index (χ3v) is 8.38. The molecule has 9 heteroatoms. The molecule has 2 saturated carbocycles. The largest absolute Gasteiger partial charge is 0.499 e. The number of alkyl halides is 6. The molecule has 0 spiro atoms. The first-order valence-electron chi connectivity index (χ1n) is 13.7. The van der Waals surface area contributed by atoms with Crippen LogP contribution in [0.2, 0.25) is 0 Å².